The van der Waals surface area contributed by atoms with E-state index >= 15 is 0 Å². The fourth-order valence-corrected chi connectivity index (χ4v) is 4.49. The molecular weight excluding hydrogens is 286 g/mol. The molecule has 23 heavy (non-hydrogen) atoms. The summed E-state index contributed by atoms with van der Waals surface area (Å²) in [6.07, 6.45) is 10.9. The second kappa shape index (κ2) is 8.50. The van der Waals surface area contributed by atoms with Gasteiger partial charge in [-0.15, -0.1) is 0 Å². The van der Waals surface area contributed by atoms with Gasteiger partial charge in [-0.1, -0.05) is 33.1 Å². The summed E-state index contributed by atoms with van der Waals surface area (Å²) in [4.78, 5) is 14.8. The van der Waals surface area contributed by atoms with Crippen LogP contribution in [-0.4, -0.2) is 34.6 Å². The van der Waals surface area contributed by atoms with Crippen molar-refractivity contribution in [3.05, 3.63) is 0 Å². The van der Waals surface area contributed by atoms with Crippen LogP contribution in [0.2, 0.25) is 0 Å². The van der Waals surface area contributed by atoms with E-state index in [0.717, 1.165) is 51.1 Å². The van der Waals surface area contributed by atoms with Crippen molar-refractivity contribution in [1.29, 1.82) is 0 Å². The van der Waals surface area contributed by atoms with Crippen LogP contribution in [-0.2, 0) is 4.79 Å². The number of nitrogens with zero attached hydrogens (tertiary/aromatic N) is 1. The highest BCUT2D eigenvalue weighted by Crippen LogP contribution is 2.29. The summed E-state index contributed by atoms with van der Waals surface area (Å²) in [5.41, 5.74) is -0.553. The Morgan fingerprint density at radius 1 is 1.04 bits per heavy atom. The molecule has 4 atom stereocenters. The first-order valence-electron chi connectivity index (χ1n) is 9.88. The standard InChI is InChI=1S/C20H37NO2/c1-16-8-4-5-11-20(3,23)12-6-9-17(2)19(22)21-13-7-10-18(14-16)15-21/h16-18,23H,4-15H2,1-3H3/t16?,17?,18?,20-/m1/s1. The Hall–Kier alpha value is -0.570. The van der Waals surface area contributed by atoms with Gasteiger partial charge in [0.05, 0.1) is 5.60 Å². The van der Waals surface area contributed by atoms with Crippen molar-refractivity contribution in [2.75, 3.05) is 13.1 Å². The van der Waals surface area contributed by atoms with E-state index in [4.69, 9.17) is 0 Å². The average molecular weight is 324 g/mol. The van der Waals surface area contributed by atoms with Crippen LogP contribution >= 0.6 is 0 Å². The third-order valence-electron chi connectivity index (χ3n) is 6.00. The first-order chi connectivity index (χ1) is 10.9. The molecule has 2 bridgehead atoms. The zero-order chi connectivity index (χ0) is 16.9. The highest BCUT2D eigenvalue weighted by molar-refractivity contribution is 5.78. The minimum atomic E-state index is -0.553. The molecule has 2 aliphatic heterocycles. The Morgan fingerprint density at radius 3 is 2.57 bits per heavy atom. The molecule has 2 rings (SSSR count). The maximum absolute atomic E-state index is 12.7. The molecule has 0 aliphatic carbocycles. The van der Waals surface area contributed by atoms with Crippen LogP contribution in [0.4, 0.5) is 0 Å². The summed E-state index contributed by atoms with van der Waals surface area (Å²) in [6.45, 7) is 8.33. The molecule has 1 amide bonds. The zero-order valence-corrected chi connectivity index (χ0v) is 15.5. The minimum Gasteiger partial charge on any atom is -0.390 e. The van der Waals surface area contributed by atoms with Crippen molar-refractivity contribution < 1.29 is 9.90 Å². The van der Waals surface area contributed by atoms with E-state index in [1.807, 2.05) is 6.92 Å². The summed E-state index contributed by atoms with van der Waals surface area (Å²) in [5.74, 6) is 1.88. The summed E-state index contributed by atoms with van der Waals surface area (Å²) >= 11 is 0. The van der Waals surface area contributed by atoms with E-state index in [-0.39, 0.29) is 5.92 Å². The van der Waals surface area contributed by atoms with Crippen molar-refractivity contribution in [2.45, 2.75) is 90.6 Å². The van der Waals surface area contributed by atoms with E-state index in [2.05, 4.69) is 18.7 Å². The molecular formula is C20H37NO2. The molecule has 3 heteroatoms. The highest BCUT2D eigenvalue weighted by Gasteiger charge is 2.28. The third-order valence-corrected chi connectivity index (χ3v) is 6.00. The van der Waals surface area contributed by atoms with Crippen LogP contribution < -0.4 is 0 Å². The van der Waals surface area contributed by atoms with Gasteiger partial charge in [-0.3, -0.25) is 4.79 Å². The van der Waals surface area contributed by atoms with Crippen LogP contribution in [0, 0.1) is 17.8 Å². The third kappa shape index (κ3) is 6.10. The summed E-state index contributed by atoms with van der Waals surface area (Å²) in [6, 6.07) is 0. The molecule has 0 aromatic heterocycles. The lowest BCUT2D eigenvalue weighted by Gasteiger charge is -2.35. The molecule has 134 valence electrons. The van der Waals surface area contributed by atoms with E-state index in [1.165, 1.54) is 32.1 Å². The van der Waals surface area contributed by atoms with Crippen molar-refractivity contribution in [1.82, 2.24) is 4.90 Å². The smallest absolute Gasteiger partial charge is 0.225 e. The number of aliphatic hydroxyl groups is 1. The van der Waals surface area contributed by atoms with Crippen LogP contribution in [0.25, 0.3) is 0 Å². The predicted octanol–water partition coefficient (Wildman–Crippen LogP) is 4.38. The number of amides is 1. The molecule has 0 saturated carbocycles. The molecule has 0 spiro atoms. The number of carbonyl (C=O) groups excluding carboxylic acids is 1. The van der Waals surface area contributed by atoms with Crippen LogP contribution in [0.1, 0.15) is 85.0 Å². The summed E-state index contributed by atoms with van der Waals surface area (Å²) in [7, 11) is 0. The lowest BCUT2D eigenvalue weighted by molar-refractivity contribution is -0.137. The molecule has 3 nitrogen and oxygen atoms in total. The maximum atomic E-state index is 12.7. The van der Waals surface area contributed by atoms with Gasteiger partial charge in [0.1, 0.15) is 0 Å². The molecule has 0 aromatic carbocycles. The number of carbonyl (C=O) groups is 1. The molecule has 1 N–H and O–H groups in total. The first-order valence-corrected chi connectivity index (χ1v) is 9.88. The van der Waals surface area contributed by atoms with E-state index in [9.17, 15) is 9.90 Å². The fourth-order valence-electron chi connectivity index (χ4n) is 4.49. The number of hydrogen-bond acceptors (Lipinski definition) is 2. The van der Waals surface area contributed by atoms with Crippen molar-refractivity contribution in [3.63, 3.8) is 0 Å². The number of fused-ring (bicyclic) bond motifs is 2. The van der Waals surface area contributed by atoms with E-state index in [0.29, 0.717) is 11.8 Å². The normalized spacial score (nSPS) is 38.7. The summed E-state index contributed by atoms with van der Waals surface area (Å²) < 4.78 is 0. The molecule has 0 aromatic rings. The Labute approximate surface area is 142 Å². The minimum absolute atomic E-state index is 0.104. The number of hydrogen-bond donors (Lipinski definition) is 1. The second-order valence-electron chi connectivity index (χ2n) is 8.67. The van der Waals surface area contributed by atoms with Crippen molar-refractivity contribution in [3.8, 4) is 0 Å². The van der Waals surface area contributed by atoms with Gasteiger partial charge < -0.3 is 10.0 Å². The zero-order valence-electron chi connectivity index (χ0n) is 15.5. The monoisotopic (exact) mass is 323 g/mol. The van der Waals surface area contributed by atoms with Crippen LogP contribution in [0.15, 0.2) is 0 Å². The average Bonchev–Trinajstić information content (AvgIpc) is 2.50. The molecule has 0 radical (unpaired) electrons. The highest BCUT2D eigenvalue weighted by atomic mass is 16.3. The molecule has 3 unspecified atom stereocenters. The van der Waals surface area contributed by atoms with Crippen LogP contribution in [0.5, 0.6) is 0 Å². The molecule has 2 aliphatic rings. The van der Waals surface area contributed by atoms with Gasteiger partial charge in [-0.25, -0.2) is 0 Å². The van der Waals surface area contributed by atoms with Gasteiger partial charge in [-0.05, 0) is 63.7 Å². The molecule has 2 fully saturated rings. The predicted molar refractivity (Wildman–Crippen MR) is 95.2 cm³/mol. The van der Waals surface area contributed by atoms with Gasteiger partial charge in [-0.2, -0.15) is 0 Å². The Bertz CT molecular complexity index is 380. The van der Waals surface area contributed by atoms with Gasteiger partial charge in [0.15, 0.2) is 0 Å². The summed E-state index contributed by atoms with van der Waals surface area (Å²) in [5, 5.41) is 10.5. The molecule has 2 heterocycles. The van der Waals surface area contributed by atoms with Gasteiger partial charge in [0.2, 0.25) is 5.91 Å². The van der Waals surface area contributed by atoms with Crippen molar-refractivity contribution >= 4 is 5.91 Å². The largest absolute Gasteiger partial charge is 0.390 e. The van der Waals surface area contributed by atoms with Gasteiger partial charge >= 0.3 is 0 Å². The number of piperidine rings is 1. The van der Waals surface area contributed by atoms with Crippen LogP contribution in [0.3, 0.4) is 0 Å². The molecule has 2 saturated heterocycles. The Kier molecular flexibility index (Phi) is 6.94. The lowest BCUT2D eigenvalue weighted by atomic mass is 9.86. The second-order valence-corrected chi connectivity index (χ2v) is 8.67. The van der Waals surface area contributed by atoms with Gasteiger partial charge in [0, 0.05) is 19.0 Å². The Morgan fingerprint density at radius 2 is 1.78 bits per heavy atom. The topological polar surface area (TPSA) is 40.5 Å². The lowest BCUT2D eigenvalue weighted by Crippen LogP contribution is -2.42. The first kappa shape index (κ1) is 18.8. The quantitative estimate of drug-likeness (QED) is 0.718. The number of rotatable bonds is 0. The van der Waals surface area contributed by atoms with E-state index < -0.39 is 5.60 Å². The van der Waals surface area contributed by atoms with Gasteiger partial charge in [0.25, 0.3) is 0 Å². The Balaban J connectivity index is 2.00. The fraction of sp³-hybridized carbons (Fsp3) is 0.950. The van der Waals surface area contributed by atoms with Crippen molar-refractivity contribution in [2.24, 2.45) is 17.8 Å². The SMILES string of the molecule is CC1CCCC[C@@](C)(O)CCCC(C)C(=O)N2CCCC(C1)C2. The maximum Gasteiger partial charge on any atom is 0.225 e. The van der Waals surface area contributed by atoms with E-state index in [1.54, 1.807) is 0 Å².